The van der Waals surface area contributed by atoms with Crippen LogP contribution in [0.1, 0.15) is 29.3 Å². The molecular formula is C27H31N3O4. The molecule has 0 aliphatic carbocycles. The predicted molar refractivity (Wildman–Crippen MR) is 132 cm³/mol. The number of ether oxygens (including phenoxy) is 3. The molecule has 1 aliphatic rings. The van der Waals surface area contributed by atoms with Gasteiger partial charge in [0.15, 0.2) is 11.5 Å². The standard InChI is InChI=1S/C27H31N3O4/c1-3-33-26-19-22(5-10-25(26)34-20-21-11-13-28-14-12-21)27(31)30-16-4-15-29(17-18-30)23-6-8-24(32-2)9-7-23/h5-14,19H,3-4,15-18,20H2,1-2H3. The lowest BCUT2D eigenvalue weighted by Gasteiger charge is -2.24. The summed E-state index contributed by atoms with van der Waals surface area (Å²) in [6.45, 7) is 5.88. The Kier molecular flexibility index (Phi) is 7.86. The van der Waals surface area contributed by atoms with Gasteiger partial charge in [-0.15, -0.1) is 0 Å². The fourth-order valence-electron chi connectivity index (χ4n) is 4.02. The van der Waals surface area contributed by atoms with Gasteiger partial charge in [-0.1, -0.05) is 0 Å². The van der Waals surface area contributed by atoms with Crippen molar-refractivity contribution in [1.82, 2.24) is 9.88 Å². The van der Waals surface area contributed by atoms with Gasteiger partial charge in [0, 0.05) is 49.8 Å². The Labute approximate surface area is 200 Å². The van der Waals surface area contributed by atoms with Crippen LogP contribution in [-0.4, -0.2) is 55.7 Å². The van der Waals surface area contributed by atoms with E-state index in [9.17, 15) is 4.79 Å². The van der Waals surface area contributed by atoms with E-state index in [4.69, 9.17) is 14.2 Å². The van der Waals surface area contributed by atoms with Crippen molar-refractivity contribution in [3.63, 3.8) is 0 Å². The third kappa shape index (κ3) is 5.78. The van der Waals surface area contributed by atoms with Gasteiger partial charge in [-0.05, 0) is 73.5 Å². The molecule has 7 heteroatoms. The van der Waals surface area contributed by atoms with E-state index in [1.165, 1.54) is 0 Å². The zero-order valence-corrected chi connectivity index (χ0v) is 19.8. The molecule has 0 spiro atoms. The van der Waals surface area contributed by atoms with Crippen LogP contribution in [-0.2, 0) is 6.61 Å². The maximum atomic E-state index is 13.3. The minimum Gasteiger partial charge on any atom is -0.497 e. The largest absolute Gasteiger partial charge is 0.497 e. The number of methoxy groups -OCH3 is 1. The number of carbonyl (C=O) groups excluding carboxylic acids is 1. The van der Waals surface area contributed by atoms with Crippen LogP contribution >= 0.6 is 0 Å². The molecule has 1 fully saturated rings. The van der Waals surface area contributed by atoms with Crippen molar-refractivity contribution in [3.05, 3.63) is 78.1 Å². The normalized spacial score (nSPS) is 13.8. The van der Waals surface area contributed by atoms with Crippen LogP contribution in [0.3, 0.4) is 0 Å². The average Bonchev–Trinajstić information content (AvgIpc) is 3.15. The Morgan fingerprint density at radius 1 is 0.912 bits per heavy atom. The van der Waals surface area contributed by atoms with E-state index in [-0.39, 0.29) is 5.91 Å². The second-order valence-electron chi connectivity index (χ2n) is 8.07. The van der Waals surface area contributed by atoms with Crippen molar-refractivity contribution in [3.8, 4) is 17.2 Å². The molecule has 0 bridgehead atoms. The molecule has 4 rings (SSSR count). The van der Waals surface area contributed by atoms with Gasteiger partial charge in [-0.25, -0.2) is 0 Å². The van der Waals surface area contributed by atoms with Crippen LogP contribution in [0, 0.1) is 0 Å². The average molecular weight is 462 g/mol. The number of amides is 1. The summed E-state index contributed by atoms with van der Waals surface area (Å²) in [5.74, 6) is 2.06. The van der Waals surface area contributed by atoms with Gasteiger partial charge in [0.25, 0.3) is 5.91 Å². The number of anilines is 1. The van der Waals surface area contributed by atoms with Gasteiger partial charge in [0.2, 0.25) is 0 Å². The van der Waals surface area contributed by atoms with Gasteiger partial charge in [-0.2, -0.15) is 0 Å². The number of hydrogen-bond donors (Lipinski definition) is 0. The third-order valence-corrected chi connectivity index (χ3v) is 5.85. The van der Waals surface area contributed by atoms with Gasteiger partial charge < -0.3 is 24.0 Å². The SMILES string of the molecule is CCOc1cc(C(=O)N2CCCN(c3ccc(OC)cc3)CC2)ccc1OCc1ccncc1. The van der Waals surface area contributed by atoms with E-state index in [1.54, 1.807) is 25.6 Å². The fourth-order valence-corrected chi connectivity index (χ4v) is 4.02. The van der Waals surface area contributed by atoms with Crippen molar-refractivity contribution in [2.45, 2.75) is 20.0 Å². The Morgan fingerprint density at radius 2 is 1.71 bits per heavy atom. The Hall–Kier alpha value is -3.74. The number of hydrogen-bond acceptors (Lipinski definition) is 6. The van der Waals surface area contributed by atoms with Crippen LogP contribution in [0.4, 0.5) is 5.69 Å². The monoisotopic (exact) mass is 461 g/mol. The quantitative estimate of drug-likeness (QED) is 0.495. The van der Waals surface area contributed by atoms with Gasteiger partial charge >= 0.3 is 0 Å². The van der Waals surface area contributed by atoms with Crippen molar-refractivity contribution in [2.24, 2.45) is 0 Å². The van der Waals surface area contributed by atoms with Gasteiger partial charge in [0.1, 0.15) is 12.4 Å². The number of carbonyl (C=O) groups is 1. The lowest BCUT2D eigenvalue weighted by Crippen LogP contribution is -2.35. The van der Waals surface area contributed by atoms with E-state index in [2.05, 4.69) is 22.0 Å². The van der Waals surface area contributed by atoms with E-state index < -0.39 is 0 Å². The zero-order valence-electron chi connectivity index (χ0n) is 19.8. The van der Waals surface area contributed by atoms with E-state index in [0.29, 0.717) is 36.8 Å². The van der Waals surface area contributed by atoms with E-state index >= 15 is 0 Å². The highest BCUT2D eigenvalue weighted by Gasteiger charge is 2.22. The molecule has 178 valence electrons. The van der Waals surface area contributed by atoms with Gasteiger partial charge in [-0.3, -0.25) is 9.78 Å². The molecule has 0 atom stereocenters. The van der Waals surface area contributed by atoms with Gasteiger partial charge in [0.05, 0.1) is 13.7 Å². The van der Waals surface area contributed by atoms with E-state index in [1.807, 2.05) is 48.2 Å². The first kappa shape index (κ1) is 23.4. The molecule has 1 amide bonds. The summed E-state index contributed by atoms with van der Waals surface area (Å²) in [6.07, 6.45) is 4.38. The molecule has 1 aromatic heterocycles. The summed E-state index contributed by atoms with van der Waals surface area (Å²) in [5.41, 5.74) is 2.77. The van der Waals surface area contributed by atoms with Crippen LogP contribution in [0.2, 0.25) is 0 Å². The highest BCUT2D eigenvalue weighted by Crippen LogP contribution is 2.30. The van der Waals surface area contributed by atoms with E-state index in [0.717, 1.165) is 43.1 Å². The Balaban J connectivity index is 1.42. The number of pyridine rings is 1. The molecule has 0 saturated carbocycles. The summed E-state index contributed by atoms with van der Waals surface area (Å²) in [7, 11) is 1.67. The number of nitrogens with zero attached hydrogens (tertiary/aromatic N) is 3. The molecule has 1 saturated heterocycles. The van der Waals surface area contributed by atoms with Crippen molar-refractivity contribution in [2.75, 3.05) is 44.8 Å². The van der Waals surface area contributed by atoms with Crippen molar-refractivity contribution < 1.29 is 19.0 Å². The second kappa shape index (κ2) is 11.4. The number of aromatic nitrogens is 1. The Bertz CT molecular complexity index is 1070. The molecule has 2 heterocycles. The molecule has 7 nitrogen and oxygen atoms in total. The molecule has 3 aromatic rings. The molecule has 0 unspecified atom stereocenters. The summed E-state index contributed by atoms with van der Waals surface area (Å²) in [5, 5.41) is 0. The first-order valence-electron chi connectivity index (χ1n) is 11.6. The summed E-state index contributed by atoms with van der Waals surface area (Å²) in [4.78, 5) is 21.6. The summed E-state index contributed by atoms with van der Waals surface area (Å²) in [6, 6.07) is 17.3. The van der Waals surface area contributed by atoms with Crippen molar-refractivity contribution in [1.29, 1.82) is 0 Å². The number of benzene rings is 2. The fraction of sp³-hybridized carbons (Fsp3) is 0.333. The predicted octanol–water partition coefficient (Wildman–Crippen LogP) is 4.42. The van der Waals surface area contributed by atoms with Crippen LogP contribution in [0.5, 0.6) is 17.2 Å². The molecule has 2 aromatic carbocycles. The zero-order chi connectivity index (χ0) is 23.8. The van der Waals surface area contributed by atoms with Crippen LogP contribution in [0.25, 0.3) is 0 Å². The minimum atomic E-state index is 0.0122. The maximum absolute atomic E-state index is 13.3. The summed E-state index contributed by atoms with van der Waals surface area (Å²) < 4.78 is 17.0. The maximum Gasteiger partial charge on any atom is 0.254 e. The highest BCUT2D eigenvalue weighted by molar-refractivity contribution is 5.95. The molecular weight excluding hydrogens is 430 g/mol. The molecule has 0 N–H and O–H groups in total. The third-order valence-electron chi connectivity index (χ3n) is 5.85. The highest BCUT2D eigenvalue weighted by atomic mass is 16.5. The molecule has 0 radical (unpaired) electrons. The minimum absolute atomic E-state index is 0.0122. The molecule has 34 heavy (non-hydrogen) atoms. The lowest BCUT2D eigenvalue weighted by atomic mass is 10.1. The van der Waals surface area contributed by atoms with Crippen LogP contribution in [0.15, 0.2) is 67.0 Å². The summed E-state index contributed by atoms with van der Waals surface area (Å²) >= 11 is 0. The number of rotatable bonds is 8. The smallest absolute Gasteiger partial charge is 0.254 e. The molecule has 1 aliphatic heterocycles. The van der Waals surface area contributed by atoms with Crippen molar-refractivity contribution >= 4 is 11.6 Å². The topological polar surface area (TPSA) is 64.1 Å². The first-order valence-corrected chi connectivity index (χ1v) is 11.6. The first-order chi connectivity index (χ1) is 16.7. The second-order valence-corrected chi connectivity index (χ2v) is 8.07. The Morgan fingerprint density at radius 3 is 2.44 bits per heavy atom. The lowest BCUT2D eigenvalue weighted by molar-refractivity contribution is 0.0766. The van der Waals surface area contributed by atoms with Crippen LogP contribution < -0.4 is 19.1 Å².